The molecule has 1 heterocycles. The highest BCUT2D eigenvalue weighted by Crippen LogP contribution is 2.42. The Balaban J connectivity index is 1.89. The Morgan fingerprint density at radius 3 is 2.70 bits per heavy atom. The molecule has 1 aliphatic rings. The number of nitrogens with zero attached hydrogens (tertiary/aromatic N) is 1. The Morgan fingerprint density at radius 2 is 1.93 bits per heavy atom. The van der Waals surface area contributed by atoms with Crippen LogP contribution >= 0.6 is 11.8 Å². The van der Waals surface area contributed by atoms with E-state index in [4.69, 9.17) is 0 Å². The first-order chi connectivity index (χ1) is 13.1. The number of anilines is 1. The average molecular weight is 384 g/mol. The first kappa shape index (κ1) is 19.2. The predicted molar refractivity (Wildman–Crippen MR) is 107 cm³/mol. The van der Waals surface area contributed by atoms with Crippen LogP contribution in [0.1, 0.15) is 25.3 Å². The summed E-state index contributed by atoms with van der Waals surface area (Å²) >= 11 is 1.29. The Morgan fingerprint density at radius 1 is 1.19 bits per heavy atom. The number of nitrogens with one attached hydrogen (secondary N) is 1. The van der Waals surface area contributed by atoms with Crippen LogP contribution in [0.4, 0.5) is 10.1 Å². The molecule has 2 aromatic rings. The fraction of sp³-hybridized carbons (Fsp3) is 0.238. The van der Waals surface area contributed by atoms with Crippen molar-refractivity contribution in [1.29, 1.82) is 0 Å². The summed E-state index contributed by atoms with van der Waals surface area (Å²) in [7, 11) is 0. The molecule has 0 saturated carbocycles. The second-order valence-corrected chi connectivity index (χ2v) is 7.28. The molecule has 0 spiro atoms. The molecule has 0 aromatic heterocycles. The third kappa shape index (κ3) is 4.57. The van der Waals surface area contributed by atoms with Gasteiger partial charge >= 0.3 is 0 Å². The summed E-state index contributed by atoms with van der Waals surface area (Å²) in [4.78, 5) is 28.0. The van der Waals surface area contributed by atoms with Gasteiger partial charge in [-0.15, -0.1) is 0 Å². The maximum Gasteiger partial charge on any atom is 0.265 e. The van der Waals surface area contributed by atoms with Crippen molar-refractivity contribution in [2.45, 2.75) is 24.7 Å². The highest BCUT2D eigenvalue weighted by Gasteiger charge is 2.30. The molecule has 27 heavy (non-hydrogen) atoms. The minimum Gasteiger partial charge on any atom is -0.355 e. The highest BCUT2D eigenvalue weighted by atomic mass is 32.2. The van der Waals surface area contributed by atoms with Crippen molar-refractivity contribution < 1.29 is 14.0 Å². The summed E-state index contributed by atoms with van der Waals surface area (Å²) in [5, 5.41) is 2.84. The Bertz CT molecular complexity index is 882. The minimum atomic E-state index is -0.388. The lowest BCUT2D eigenvalue weighted by atomic mass is 10.2. The van der Waals surface area contributed by atoms with Crippen molar-refractivity contribution in [2.75, 3.05) is 18.0 Å². The number of fused-ring (bicyclic) bond motifs is 1. The molecule has 0 fully saturated rings. The first-order valence-corrected chi connectivity index (χ1v) is 9.73. The van der Waals surface area contributed by atoms with Gasteiger partial charge < -0.3 is 5.32 Å². The zero-order chi connectivity index (χ0) is 19.2. The van der Waals surface area contributed by atoms with E-state index >= 15 is 0 Å². The number of para-hydroxylation sites is 1. The maximum absolute atomic E-state index is 14.0. The van der Waals surface area contributed by atoms with E-state index in [0.29, 0.717) is 22.7 Å². The quantitative estimate of drug-likeness (QED) is 0.599. The van der Waals surface area contributed by atoms with E-state index in [1.165, 1.54) is 22.7 Å². The first-order valence-electron chi connectivity index (χ1n) is 8.92. The monoisotopic (exact) mass is 384 g/mol. The van der Waals surface area contributed by atoms with Crippen LogP contribution in [0.2, 0.25) is 0 Å². The number of amides is 2. The second kappa shape index (κ2) is 8.86. The molecule has 4 nitrogen and oxygen atoms in total. The van der Waals surface area contributed by atoms with Crippen molar-refractivity contribution in [3.8, 4) is 0 Å². The number of carbonyl (C=O) groups is 2. The van der Waals surface area contributed by atoms with Crippen LogP contribution in [0.3, 0.4) is 0 Å². The normalized spacial score (nSPS) is 15.0. The van der Waals surface area contributed by atoms with Crippen LogP contribution in [0.15, 0.2) is 58.3 Å². The molecular formula is C21H21FN2O2S. The van der Waals surface area contributed by atoms with Crippen molar-refractivity contribution in [3.63, 3.8) is 0 Å². The molecular weight excluding hydrogens is 363 g/mol. The summed E-state index contributed by atoms with van der Waals surface area (Å²) in [5.74, 6) is -0.891. The summed E-state index contributed by atoms with van der Waals surface area (Å²) in [6.07, 6.45) is 3.42. The highest BCUT2D eigenvalue weighted by molar-refractivity contribution is 8.04. The molecule has 0 unspecified atom stereocenters. The van der Waals surface area contributed by atoms with Gasteiger partial charge in [0, 0.05) is 17.0 Å². The zero-order valence-electron chi connectivity index (χ0n) is 15.1. The molecule has 0 atom stereocenters. The van der Waals surface area contributed by atoms with Gasteiger partial charge in [-0.2, -0.15) is 0 Å². The molecule has 140 valence electrons. The lowest BCUT2D eigenvalue weighted by molar-refractivity contribution is -0.122. The predicted octanol–water partition coefficient (Wildman–Crippen LogP) is 4.22. The van der Waals surface area contributed by atoms with Crippen molar-refractivity contribution in [3.05, 3.63) is 64.8 Å². The van der Waals surface area contributed by atoms with Gasteiger partial charge in [0.25, 0.3) is 5.91 Å². The molecule has 2 aromatic carbocycles. The average Bonchev–Trinajstić information content (AvgIpc) is 2.67. The fourth-order valence-electron chi connectivity index (χ4n) is 2.76. The van der Waals surface area contributed by atoms with Gasteiger partial charge in [0.2, 0.25) is 5.91 Å². The van der Waals surface area contributed by atoms with Crippen LogP contribution in [-0.4, -0.2) is 24.9 Å². The third-order valence-electron chi connectivity index (χ3n) is 4.18. The molecule has 1 N–H and O–H groups in total. The summed E-state index contributed by atoms with van der Waals surface area (Å²) in [6.45, 7) is 2.58. The minimum absolute atomic E-state index is 0.0608. The van der Waals surface area contributed by atoms with E-state index in [1.807, 2.05) is 31.2 Å². The van der Waals surface area contributed by atoms with Crippen LogP contribution in [0.25, 0.3) is 6.08 Å². The molecule has 0 saturated heterocycles. The number of rotatable bonds is 6. The lowest BCUT2D eigenvalue weighted by Gasteiger charge is -2.29. The second-order valence-electron chi connectivity index (χ2n) is 6.19. The molecule has 0 aliphatic carbocycles. The number of halogens is 1. The molecule has 3 rings (SSSR count). The number of hydrogen-bond acceptors (Lipinski definition) is 3. The maximum atomic E-state index is 14.0. The van der Waals surface area contributed by atoms with Gasteiger partial charge in [0.1, 0.15) is 12.4 Å². The van der Waals surface area contributed by atoms with Gasteiger partial charge in [-0.25, -0.2) is 4.39 Å². The molecule has 0 radical (unpaired) electrons. The lowest BCUT2D eigenvalue weighted by Crippen LogP contribution is -2.42. The SMILES string of the molecule is CCCCNC(=O)CN1C(=O)/C(=C/c2ccccc2F)Sc2ccccc21. The topological polar surface area (TPSA) is 49.4 Å². The van der Waals surface area contributed by atoms with Gasteiger partial charge in [0.15, 0.2) is 0 Å². The summed E-state index contributed by atoms with van der Waals surface area (Å²) in [6, 6.07) is 13.7. The van der Waals surface area contributed by atoms with Crippen LogP contribution in [0.5, 0.6) is 0 Å². The van der Waals surface area contributed by atoms with E-state index in [9.17, 15) is 14.0 Å². The number of unbranched alkanes of at least 4 members (excludes halogenated alkanes) is 1. The van der Waals surface area contributed by atoms with Crippen molar-refractivity contribution in [1.82, 2.24) is 5.32 Å². The summed E-state index contributed by atoms with van der Waals surface area (Å²) in [5.41, 5.74) is 1.05. The van der Waals surface area contributed by atoms with E-state index in [0.717, 1.165) is 17.7 Å². The Kier molecular flexibility index (Phi) is 6.29. The van der Waals surface area contributed by atoms with Gasteiger partial charge in [-0.05, 0) is 30.7 Å². The Labute approximate surface area is 162 Å². The number of carbonyl (C=O) groups excluding carboxylic acids is 2. The third-order valence-corrected chi connectivity index (χ3v) is 5.26. The summed E-state index contributed by atoms with van der Waals surface area (Å²) < 4.78 is 14.0. The molecule has 0 bridgehead atoms. The number of benzene rings is 2. The Hall–Kier alpha value is -2.60. The van der Waals surface area contributed by atoms with E-state index in [2.05, 4.69) is 5.32 Å². The van der Waals surface area contributed by atoms with Crippen LogP contribution in [0, 0.1) is 5.82 Å². The molecule has 2 amide bonds. The van der Waals surface area contributed by atoms with Gasteiger partial charge in [0.05, 0.1) is 10.6 Å². The van der Waals surface area contributed by atoms with Gasteiger partial charge in [-0.3, -0.25) is 14.5 Å². The van der Waals surface area contributed by atoms with Gasteiger partial charge in [-0.1, -0.05) is 55.4 Å². The number of hydrogen-bond donors (Lipinski definition) is 1. The number of thioether (sulfide) groups is 1. The molecule has 6 heteroatoms. The van der Waals surface area contributed by atoms with Crippen molar-refractivity contribution in [2.24, 2.45) is 0 Å². The zero-order valence-corrected chi connectivity index (χ0v) is 15.9. The largest absolute Gasteiger partial charge is 0.355 e. The fourth-order valence-corrected chi connectivity index (χ4v) is 3.81. The van der Waals surface area contributed by atoms with Crippen LogP contribution in [-0.2, 0) is 9.59 Å². The van der Waals surface area contributed by atoms with Crippen molar-refractivity contribution >= 4 is 35.3 Å². The van der Waals surface area contributed by atoms with E-state index in [-0.39, 0.29) is 24.2 Å². The van der Waals surface area contributed by atoms with E-state index < -0.39 is 0 Å². The standard InChI is InChI=1S/C21H21FN2O2S/c1-2-3-12-23-20(25)14-24-17-10-6-7-11-18(17)27-19(21(24)26)13-15-8-4-5-9-16(15)22/h4-11,13H,2-3,12,14H2,1H3,(H,23,25)/b19-13-. The molecule has 1 aliphatic heterocycles. The van der Waals surface area contributed by atoms with Crippen LogP contribution < -0.4 is 10.2 Å². The van der Waals surface area contributed by atoms with E-state index in [1.54, 1.807) is 24.3 Å². The smallest absolute Gasteiger partial charge is 0.265 e.